The van der Waals surface area contributed by atoms with E-state index in [1.807, 2.05) is 12.1 Å². The summed E-state index contributed by atoms with van der Waals surface area (Å²) in [6, 6.07) is 8.81. The summed E-state index contributed by atoms with van der Waals surface area (Å²) in [7, 11) is 0. The summed E-state index contributed by atoms with van der Waals surface area (Å²) in [6.45, 7) is 3.15. The van der Waals surface area contributed by atoms with E-state index in [1.54, 1.807) is 30.6 Å². The lowest BCUT2D eigenvalue weighted by atomic mass is 10.1. The zero-order valence-electron chi connectivity index (χ0n) is 12.7. The van der Waals surface area contributed by atoms with Gasteiger partial charge >= 0.3 is 0 Å². The Morgan fingerprint density at radius 3 is 2.77 bits per heavy atom. The molecule has 0 saturated carbocycles. The third-order valence-corrected chi connectivity index (χ3v) is 3.23. The molecule has 5 nitrogen and oxygen atoms in total. The quantitative estimate of drug-likeness (QED) is 0.609. The van der Waals surface area contributed by atoms with Gasteiger partial charge in [0.15, 0.2) is 0 Å². The standard InChI is InChI=1S/C17H21N3O2/c1-2-3-10-22-16-11-14(4-5-15(16)18)17(21)20-12-13-6-8-19-9-7-13/h4-9,11H,2-3,10,12,18H2,1H3,(H,20,21). The molecule has 0 aliphatic heterocycles. The van der Waals surface area contributed by atoms with Gasteiger partial charge in [-0.2, -0.15) is 0 Å². The van der Waals surface area contributed by atoms with Crippen molar-refractivity contribution in [3.05, 3.63) is 53.9 Å². The number of rotatable bonds is 7. The topological polar surface area (TPSA) is 77.2 Å². The number of hydrogen-bond acceptors (Lipinski definition) is 4. The number of nitrogens with one attached hydrogen (secondary N) is 1. The number of nitrogen functional groups attached to an aromatic ring is 1. The second kappa shape index (κ2) is 8.02. The minimum Gasteiger partial charge on any atom is -0.491 e. The third-order valence-electron chi connectivity index (χ3n) is 3.23. The van der Waals surface area contributed by atoms with E-state index in [-0.39, 0.29) is 5.91 Å². The molecule has 0 bridgehead atoms. The van der Waals surface area contributed by atoms with Crippen LogP contribution in [-0.4, -0.2) is 17.5 Å². The Hall–Kier alpha value is -2.56. The van der Waals surface area contributed by atoms with E-state index < -0.39 is 0 Å². The number of aromatic nitrogens is 1. The van der Waals surface area contributed by atoms with Crippen LogP contribution in [0.25, 0.3) is 0 Å². The van der Waals surface area contributed by atoms with Gasteiger partial charge in [0, 0.05) is 24.5 Å². The first-order chi connectivity index (χ1) is 10.7. The molecule has 3 N–H and O–H groups in total. The van der Waals surface area contributed by atoms with Crippen LogP contribution in [0.15, 0.2) is 42.7 Å². The fourth-order valence-electron chi connectivity index (χ4n) is 1.91. The van der Waals surface area contributed by atoms with Crippen molar-refractivity contribution in [3.8, 4) is 5.75 Å². The van der Waals surface area contributed by atoms with Crippen molar-refractivity contribution in [2.75, 3.05) is 12.3 Å². The Labute approximate surface area is 130 Å². The van der Waals surface area contributed by atoms with Crippen molar-refractivity contribution in [2.45, 2.75) is 26.3 Å². The molecule has 1 aromatic heterocycles. The lowest BCUT2D eigenvalue weighted by molar-refractivity contribution is 0.0950. The van der Waals surface area contributed by atoms with Crippen LogP contribution in [0.3, 0.4) is 0 Å². The summed E-state index contributed by atoms with van der Waals surface area (Å²) < 4.78 is 5.62. The number of carbonyl (C=O) groups is 1. The summed E-state index contributed by atoms with van der Waals surface area (Å²) in [4.78, 5) is 16.1. The van der Waals surface area contributed by atoms with E-state index in [0.717, 1.165) is 18.4 Å². The molecule has 22 heavy (non-hydrogen) atoms. The van der Waals surface area contributed by atoms with E-state index in [1.165, 1.54) is 0 Å². The van der Waals surface area contributed by atoms with Crippen LogP contribution in [0.4, 0.5) is 5.69 Å². The van der Waals surface area contributed by atoms with Crippen molar-refractivity contribution in [1.29, 1.82) is 0 Å². The number of nitrogens with zero attached hydrogens (tertiary/aromatic N) is 1. The molecule has 0 aliphatic carbocycles. The molecule has 2 rings (SSSR count). The number of nitrogens with two attached hydrogens (primary N) is 1. The second-order valence-electron chi connectivity index (χ2n) is 4.99. The van der Waals surface area contributed by atoms with Crippen LogP contribution in [0.1, 0.15) is 35.7 Å². The van der Waals surface area contributed by atoms with Gasteiger partial charge in [-0.25, -0.2) is 0 Å². The molecule has 0 unspecified atom stereocenters. The van der Waals surface area contributed by atoms with Gasteiger partial charge in [0.2, 0.25) is 0 Å². The summed E-state index contributed by atoms with van der Waals surface area (Å²) in [6.07, 6.45) is 5.40. The molecule has 0 aliphatic rings. The Morgan fingerprint density at radius 1 is 1.27 bits per heavy atom. The van der Waals surface area contributed by atoms with Crippen LogP contribution in [0.5, 0.6) is 5.75 Å². The molecule has 0 radical (unpaired) electrons. The van der Waals surface area contributed by atoms with Gasteiger partial charge in [-0.05, 0) is 42.3 Å². The van der Waals surface area contributed by atoms with Crippen molar-refractivity contribution >= 4 is 11.6 Å². The fourth-order valence-corrected chi connectivity index (χ4v) is 1.91. The van der Waals surface area contributed by atoms with Crippen molar-refractivity contribution < 1.29 is 9.53 Å². The highest BCUT2D eigenvalue weighted by Crippen LogP contribution is 2.23. The number of anilines is 1. The number of unbranched alkanes of at least 4 members (excludes halogenated alkanes) is 1. The maximum atomic E-state index is 12.2. The van der Waals surface area contributed by atoms with Crippen LogP contribution in [0, 0.1) is 0 Å². The molecular formula is C17H21N3O2. The summed E-state index contributed by atoms with van der Waals surface area (Å²) in [5.74, 6) is 0.405. The van der Waals surface area contributed by atoms with Crippen LogP contribution >= 0.6 is 0 Å². The SMILES string of the molecule is CCCCOc1cc(C(=O)NCc2ccncc2)ccc1N. The Bertz CT molecular complexity index is 615. The number of carbonyl (C=O) groups excluding carboxylic acids is 1. The highest BCUT2D eigenvalue weighted by atomic mass is 16.5. The van der Waals surface area contributed by atoms with E-state index in [4.69, 9.17) is 10.5 Å². The van der Waals surface area contributed by atoms with Crippen molar-refractivity contribution in [2.24, 2.45) is 0 Å². The normalized spacial score (nSPS) is 10.2. The van der Waals surface area contributed by atoms with E-state index in [9.17, 15) is 4.79 Å². The maximum Gasteiger partial charge on any atom is 0.251 e. The van der Waals surface area contributed by atoms with Crippen molar-refractivity contribution in [1.82, 2.24) is 10.3 Å². The minimum absolute atomic E-state index is 0.155. The molecule has 1 heterocycles. The van der Waals surface area contributed by atoms with Gasteiger partial charge in [0.05, 0.1) is 12.3 Å². The Morgan fingerprint density at radius 2 is 2.05 bits per heavy atom. The summed E-state index contributed by atoms with van der Waals surface area (Å²) in [5, 5.41) is 2.87. The zero-order valence-corrected chi connectivity index (χ0v) is 12.7. The van der Waals surface area contributed by atoms with E-state index in [2.05, 4.69) is 17.2 Å². The average molecular weight is 299 g/mol. The first-order valence-electron chi connectivity index (χ1n) is 7.40. The van der Waals surface area contributed by atoms with Gasteiger partial charge in [-0.15, -0.1) is 0 Å². The first kappa shape index (κ1) is 15.8. The Kier molecular flexibility index (Phi) is 5.77. The molecule has 0 spiro atoms. The number of pyridine rings is 1. The molecule has 0 atom stereocenters. The van der Waals surface area contributed by atoms with Gasteiger partial charge in [-0.1, -0.05) is 13.3 Å². The molecular weight excluding hydrogens is 278 g/mol. The zero-order chi connectivity index (χ0) is 15.8. The monoisotopic (exact) mass is 299 g/mol. The maximum absolute atomic E-state index is 12.2. The number of ether oxygens (including phenoxy) is 1. The molecule has 0 saturated heterocycles. The summed E-state index contributed by atoms with van der Waals surface area (Å²) in [5.41, 5.74) is 7.95. The predicted octanol–water partition coefficient (Wildman–Crippen LogP) is 2.77. The third kappa shape index (κ3) is 4.48. The lowest BCUT2D eigenvalue weighted by Crippen LogP contribution is -2.22. The lowest BCUT2D eigenvalue weighted by Gasteiger charge is -2.11. The largest absolute Gasteiger partial charge is 0.491 e. The number of amides is 1. The fraction of sp³-hybridized carbons (Fsp3) is 0.294. The van der Waals surface area contributed by atoms with Gasteiger partial charge < -0.3 is 15.8 Å². The first-order valence-corrected chi connectivity index (χ1v) is 7.40. The summed E-state index contributed by atoms with van der Waals surface area (Å²) >= 11 is 0. The van der Waals surface area contributed by atoms with Gasteiger partial charge in [0.1, 0.15) is 5.75 Å². The predicted molar refractivity (Wildman–Crippen MR) is 86.7 cm³/mol. The van der Waals surface area contributed by atoms with E-state index in [0.29, 0.717) is 30.2 Å². The number of benzene rings is 1. The minimum atomic E-state index is -0.155. The van der Waals surface area contributed by atoms with Gasteiger partial charge in [0.25, 0.3) is 5.91 Å². The van der Waals surface area contributed by atoms with E-state index >= 15 is 0 Å². The van der Waals surface area contributed by atoms with Crippen LogP contribution < -0.4 is 15.8 Å². The molecule has 116 valence electrons. The van der Waals surface area contributed by atoms with Crippen molar-refractivity contribution in [3.63, 3.8) is 0 Å². The Balaban J connectivity index is 1.98. The molecule has 2 aromatic rings. The smallest absolute Gasteiger partial charge is 0.251 e. The molecule has 1 aromatic carbocycles. The molecule has 5 heteroatoms. The highest BCUT2D eigenvalue weighted by molar-refractivity contribution is 5.95. The molecule has 1 amide bonds. The number of hydrogen-bond donors (Lipinski definition) is 2. The second-order valence-corrected chi connectivity index (χ2v) is 4.99. The van der Waals surface area contributed by atoms with Crippen LogP contribution in [-0.2, 0) is 6.54 Å². The average Bonchev–Trinajstić information content (AvgIpc) is 2.55. The highest BCUT2D eigenvalue weighted by Gasteiger charge is 2.09. The van der Waals surface area contributed by atoms with Crippen LogP contribution in [0.2, 0.25) is 0 Å². The van der Waals surface area contributed by atoms with Gasteiger partial charge in [-0.3, -0.25) is 9.78 Å². The molecule has 0 fully saturated rings.